The lowest BCUT2D eigenvalue weighted by Gasteiger charge is -2.03. The summed E-state index contributed by atoms with van der Waals surface area (Å²) in [5, 5.41) is 14.0. The predicted octanol–water partition coefficient (Wildman–Crippen LogP) is 4.86. The fourth-order valence-electron chi connectivity index (χ4n) is 2.56. The number of anilines is 2. The van der Waals surface area contributed by atoms with Crippen molar-refractivity contribution in [1.29, 1.82) is 0 Å². The molecule has 0 saturated carbocycles. The molecule has 1 aromatic heterocycles. The summed E-state index contributed by atoms with van der Waals surface area (Å²) in [6, 6.07) is 15.4. The summed E-state index contributed by atoms with van der Waals surface area (Å²) in [7, 11) is 1.63. The molecule has 0 saturated heterocycles. The van der Waals surface area contributed by atoms with Gasteiger partial charge < -0.3 is 15.2 Å². The van der Waals surface area contributed by atoms with E-state index in [1.807, 2.05) is 54.6 Å². The number of benzene rings is 2. The van der Waals surface area contributed by atoms with Gasteiger partial charge in [0.25, 0.3) is 0 Å². The first-order valence-electron chi connectivity index (χ1n) is 7.69. The number of nitrogens with zero attached hydrogens (tertiary/aromatic N) is 2. The second kappa shape index (κ2) is 6.41. The van der Waals surface area contributed by atoms with Gasteiger partial charge in [-0.05, 0) is 36.4 Å². The average Bonchev–Trinajstić information content (AvgIpc) is 3.20. The van der Waals surface area contributed by atoms with E-state index in [9.17, 15) is 5.11 Å². The minimum absolute atomic E-state index is 0.00583. The van der Waals surface area contributed by atoms with Crippen molar-refractivity contribution in [3.05, 3.63) is 59.0 Å². The fourth-order valence-corrected chi connectivity index (χ4v) is 3.40. The molecule has 0 spiro atoms. The van der Waals surface area contributed by atoms with Crippen LogP contribution in [-0.4, -0.2) is 23.4 Å². The summed E-state index contributed by atoms with van der Waals surface area (Å²) >= 11 is 1.38. The molecule has 0 unspecified atom stereocenters. The Morgan fingerprint density at radius 1 is 1.12 bits per heavy atom. The number of para-hydroxylation sites is 1. The molecule has 0 bridgehead atoms. The molecule has 6 heteroatoms. The Bertz CT molecular complexity index is 975. The zero-order chi connectivity index (χ0) is 17.2. The van der Waals surface area contributed by atoms with Crippen LogP contribution < -0.4 is 10.1 Å². The Labute approximate surface area is 149 Å². The van der Waals surface area contributed by atoms with Crippen LogP contribution in [-0.2, 0) is 0 Å². The van der Waals surface area contributed by atoms with Gasteiger partial charge in [0.2, 0.25) is 5.88 Å². The van der Waals surface area contributed by atoms with Gasteiger partial charge in [-0.15, -0.1) is 0 Å². The molecule has 0 radical (unpaired) electrons. The number of aromatic hydroxyl groups is 1. The smallest absolute Gasteiger partial charge is 0.231 e. The van der Waals surface area contributed by atoms with Gasteiger partial charge in [0, 0.05) is 23.0 Å². The lowest BCUT2D eigenvalue weighted by molar-refractivity contribution is 0.415. The van der Waals surface area contributed by atoms with Crippen LogP contribution in [0.5, 0.6) is 11.6 Å². The van der Waals surface area contributed by atoms with E-state index in [1.54, 1.807) is 13.3 Å². The Balaban J connectivity index is 1.59. The molecule has 1 aliphatic heterocycles. The van der Waals surface area contributed by atoms with Gasteiger partial charge in [0.15, 0.2) is 5.13 Å². The summed E-state index contributed by atoms with van der Waals surface area (Å²) in [5.74, 6) is 0.795. The summed E-state index contributed by atoms with van der Waals surface area (Å²) < 4.78 is 5.14. The van der Waals surface area contributed by atoms with Crippen molar-refractivity contribution in [1.82, 2.24) is 4.98 Å². The molecule has 1 aliphatic rings. The van der Waals surface area contributed by atoms with E-state index in [-0.39, 0.29) is 5.88 Å². The number of methoxy groups -OCH3 is 1. The van der Waals surface area contributed by atoms with Gasteiger partial charge >= 0.3 is 0 Å². The topological polar surface area (TPSA) is 66.7 Å². The number of thiazole rings is 1. The van der Waals surface area contributed by atoms with E-state index >= 15 is 0 Å². The number of aliphatic imine (C=N–C) groups is 1. The number of rotatable bonds is 4. The quantitative estimate of drug-likeness (QED) is 0.706. The highest BCUT2D eigenvalue weighted by Crippen LogP contribution is 2.37. The van der Waals surface area contributed by atoms with Crippen molar-refractivity contribution in [3.8, 4) is 11.6 Å². The maximum atomic E-state index is 10.2. The van der Waals surface area contributed by atoms with Gasteiger partial charge in [0.1, 0.15) is 5.75 Å². The number of fused-ring (bicyclic) bond motifs is 1. The molecular formula is C19H15N3O2S. The molecule has 2 aromatic carbocycles. The van der Waals surface area contributed by atoms with E-state index in [0.717, 1.165) is 28.3 Å². The van der Waals surface area contributed by atoms with Crippen molar-refractivity contribution in [3.63, 3.8) is 0 Å². The van der Waals surface area contributed by atoms with E-state index < -0.39 is 0 Å². The first kappa shape index (κ1) is 15.4. The normalized spacial score (nSPS) is 13.9. The molecule has 3 aromatic rings. The Hall–Kier alpha value is -3.12. The minimum Gasteiger partial charge on any atom is -0.497 e. The second-order valence-corrected chi connectivity index (χ2v) is 6.47. The second-order valence-electron chi connectivity index (χ2n) is 5.44. The third-order valence-corrected chi connectivity index (χ3v) is 4.73. The van der Waals surface area contributed by atoms with Crippen LogP contribution in [0.25, 0.3) is 11.6 Å². The third-order valence-electron chi connectivity index (χ3n) is 3.82. The van der Waals surface area contributed by atoms with E-state index in [4.69, 9.17) is 4.74 Å². The Morgan fingerprint density at radius 3 is 2.72 bits per heavy atom. The van der Waals surface area contributed by atoms with Gasteiger partial charge in [0.05, 0.1) is 17.7 Å². The minimum atomic E-state index is 0.00583. The standard InChI is InChI=1S/C19H15N3O2S/c1-24-14-8-6-13(7-9-14)21-19-22-18(23)17(25-19)10-12-11-20-16-5-3-2-4-15(12)16/h2-11,23H,1H3,(H,21,22). The van der Waals surface area contributed by atoms with Crippen LogP contribution in [0.4, 0.5) is 16.5 Å². The molecule has 5 nitrogen and oxygen atoms in total. The summed E-state index contributed by atoms with van der Waals surface area (Å²) in [5.41, 5.74) is 3.83. The molecule has 2 heterocycles. The Morgan fingerprint density at radius 2 is 1.92 bits per heavy atom. The number of nitrogens with one attached hydrogen (secondary N) is 1. The van der Waals surface area contributed by atoms with Crippen LogP contribution in [0.1, 0.15) is 10.4 Å². The van der Waals surface area contributed by atoms with Gasteiger partial charge in [-0.2, -0.15) is 4.98 Å². The maximum Gasteiger partial charge on any atom is 0.231 e. The largest absolute Gasteiger partial charge is 0.497 e. The molecule has 0 aliphatic carbocycles. The van der Waals surface area contributed by atoms with E-state index in [1.165, 1.54) is 11.3 Å². The highest BCUT2D eigenvalue weighted by Gasteiger charge is 2.14. The van der Waals surface area contributed by atoms with Crippen LogP contribution >= 0.6 is 11.3 Å². The van der Waals surface area contributed by atoms with Gasteiger partial charge in [-0.25, -0.2) is 0 Å². The number of ether oxygens (including phenoxy) is 1. The van der Waals surface area contributed by atoms with E-state index in [0.29, 0.717) is 10.0 Å². The van der Waals surface area contributed by atoms with Gasteiger partial charge in [-0.3, -0.25) is 4.99 Å². The van der Waals surface area contributed by atoms with Crippen LogP contribution in [0, 0.1) is 0 Å². The first-order chi connectivity index (χ1) is 12.2. The first-order valence-corrected chi connectivity index (χ1v) is 8.50. The summed E-state index contributed by atoms with van der Waals surface area (Å²) in [6.07, 6.45) is 3.71. The van der Waals surface area contributed by atoms with Crippen molar-refractivity contribution in [2.24, 2.45) is 4.99 Å². The average molecular weight is 349 g/mol. The maximum absolute atomic E-state index is 10.2. The van der Waals surface area contributed by atoms with Crippen LogP contribution in [0.15, 0.2) is 53.5 Å². The number of allylic oxidation sites excluding steroid dienone is 1. The highest BCUT2D eigenvalue weighted by molar-refractivity contribution is 7.16. The molecule has 25 heavy (non-hydrogen) atoms. The lowest BCUT2D eigenvalue weighted by atomic mass is 10.1. The van der Waals surface area contributed by atoms with E-state index in [2.05, 4.69) is 15.3 Å². The highest BCUT2D eigenvalue weighted by atomic mass is 32.1. The lowest BCUT2D eigenvalue weighted by Crippen LogP contribution is -1.89. The molecular weight excluding hydrogens is 334 g/mol. The zero-order valence-electron chi connectivity index (χ0n) is 13.4. The van der Waals surface area contributed by atoms with Crippen molar-refractivity contribution >= 4 is 45.7 Å². The Kier molecular flexibility index (Phi) is 3.95. The number of aromatic nitrogens is 1. The molecule has 0 atom stereocenters. The molecule has 0 fully saturated rings. The summed E-state index contributed by atoms with van der Waals surface area (Å²) in [4.78, 5) is 9.26. The number of hydrogen-bond acceptors (Lipinski definition) is 6. The molecule has 124 valence electrons. The van der Waals surface area contributed by atoms with Crippen LogP contribution in [0.3, 0.4) is 0 Å². The van der Waals surface area contributed by atoms with Crippen LogP contribution in [0.2, 0.25) is 0 Å². The monoisotopic (exact) mass is 349 g/mol. The SMILES string of the molecule is COc1ccc(Nc2nc(O)c(C=C3C=Nc4ccccc43)s2)cc1. The van der Waals surface area contributed by atoms with Crippen molar-refractivity contribution in [2.75, 3.05) is 12.4 Å². The fraction of sp³-hybridized carbons (Fsp3) is 0.0526. The molecule has 2 N–H and O–H groups in total. The molecule has 4 rings (SSSR count). The van der Waals surface area contributed by atoms with Gasteiger partial charge in [-0.1, -0.05) is 29.5 Å². The van der Waals surface area contributed by atoms with Crippen molar-refractivity contribution < 1.29 is 9.84 Å². The number of hydrogen-bond donors (Lipinski definition) is 2. The molecule has 0 amide bonds. The van der Waals surface area contributed by atoms with Crippen molar-refractivity contribution in [2.45, 2.75) is 0 Å². The predicted molar refractivity (Wildman–Crippen MR) is 103 cm³/mol. The summed E-state index contributed by atoms with van der Waals surface area (Å²) in [6.45, 7) is 0. The third kappa shape index (κ3) is 3.12. The zero-order valence-corrected chi connectivity index (χ0v) is 14.2.